The third kappa shape index (κ3) is 6.68. The van der Waals surface area contributed by atoms with Gasteiger partial charge < -0.3 is 5.73 Å². The van der Waals surface area contributed by atoms with E-state index in [1.807, 2.05) is 26.0 Å². The topological polar surface area (TPSA) is 100 Å². The molecule has 0 atom stereocenters. The Balaban J connectivity index is 2.71. The molecule has 0 aliphatic heterocycles. The van der Waals surface area contributed by atoms with E-state index in [1.54, 1.807) is 12.4 Å². The molecule has 1 heterocycles. The van der Waals surface area contributed by atoms with Crippen molar-refractivity contribution in [2.24, 2.45) is 11.7 Å². The standard InChI is InChI=1S/C14H24N4O2S/c1-12(2)11-18(9-5-14(15)16)21(19,20)10-6-13-3-7-17-8-4-13/h3-4,7-8,12H,5-6,9-11H2,1-2H3,(H3,15,16). The van der Waals surface area contributed by atoms with Crippen LogP contribution in [-0.2, 0) is 16.4 Å². The fourth-order valence-electron chi connectivity index (χ4n) is 1.92. The first kappa shape index (κ1) is 17.6. The molecule has 21 heavy (non-hydrogen) atoms. The number of nitrogens with zero attached hydrogens (tertiary/aromatic N) is 2. The first-order valence-electron chi connectivity index (χ1n) is 7.01. The van der Waals surface area contributed by atoms with Crippen molar-refractivity contribution in [2.45, 2.75) is 26.7 Å². The van der Waals surface area contributed by atoms with Gasteiger partial charge >= 0.3 is 0 Å². The molecule has 0 aliphatic carbocycles. The molecule has 0 unspecified atom stereocenters. The van der Waals surface area contributed by atoms with Gasteiger partial charge in [0.1, 0.15) is 0 Å². The lowest BCUT2D eigenvalue weighted by Crippen LogP contribution is -2.38. The van der Waals surface area contributed by atoms with Crippen LogP contribution in [0.25, 0.3) is 0 Å². The molecular weight excluding hydrogens is 288 g/mol. The molecule has 0 aliphatic rings. The number of aryl methyl sites for hydroxylation is 1. The molecular formula is C14H24N4O2S. The SMILES string of the molecule is CC(C)CN(CCC(=N)N)S(=O)(=O)CCc1ccncc1. The predicted octanol–water partition coefficient (Wildman–Crippen LogP) is 1.24. The molecule has 1 rings (SSSR count). The first-order valence-corrected chi connectivity index (χ1v) is 8.62. The maximum absolute atomic E-state index is 12.5. The van der Waals surface area contributed by atoms with Crippen LogP contribution in [0, 0.1) is 11.3 Å². The highest BCUT2D eigenvalue weighted by atomic mass is 32.2. The van der Waals surface area contributed by atoms with Crippen LogP contribution >= 0.6 is 0 Å². The Hall–Kier alpha value is -1.47. The quantitative estimate of drug-likeness (QED) is 0.529. The number of rotatable bonds is 9. The Bertz CT molecular complexity index is 543. The summed E-state index contributed by atoms with van der Waals surface area (Å²) in [7, 11) is -3.35. The van der Waals surface area contributed by atoms with E-state index >= 15 is 0 Å². The molecule has 6 nitrogen and oxygen atoms in total. The highest BCUT2D eigenvalue weighted by molar-refractivity contribution is 7.89. The lowest BCUT2D eigenvalue weighted by Gasteiger charge is -2.23. The minimum atomic E-state index is -3.35. The summed E-state index contributed by atoms with van der Waals surface area (Å²) in [5.74, 6) is 0.294. The summed E-state index contributed by atoms with van der Waals surface area (Å²) in [4.78, 5) is 3.92. The van der Waals surface area contributed by atoms with Crippen molar-refractivity contribution in [3.8, 4) is 0 Å². The number of nitrogens with one attached hydrogen (secondary N) is 1. The molecule has 1 aromatic rings. The number of amidine groups is 1. The Kier molecular flexibility index (Phi) is 6.77. The summed E-state index contributed by atoms with van der Waals surface area (Å²) in [6.45, 7) is 4.66. The number of pyridine rings is 1. The van der Waals surface area contributed by atoms with Gasteiger partial charge in [0.15, 0.2) is 0 Å². The fourth-order valence-corrected chi connectivity index (χ4v) is 3.57. The molecule has 7 heteroatoms. The van der Waals surface area contributed by atoms with Gasteiger partial charge in [0.2, 0.25) is 10.0 Å². The molecule has 0 bridgehead atoms. The van der Waals surface area contributed by atoms with Crippen molar-refractivity contribution >= 4 is 15.9 Å². The van der Waals surface area contributed by atoms with Crippen molar-refractivity contribution in [1.82, 2.24) is 9.29 Å². The second-order valence-corrected chi connectivity index (χ2v) is 7.54. The normalized spacial score (nSPS) is 12.0. The Morgan fingerprint density at radius 1 is 1.38 bits per heavy atom. The third-order valence-corrected chi connectivity index (χ3v) is 4.83. The van der Waals surface area contributed by atoms with Crippen molar-refractivity contribution in [3.05, 3.63) is 30.1 Å². The highest BCUT2D eigenvalue weighted by Crippen LogP contribution is 2.10. The summed E-state index contributed by atoms with van der Waals surface area (Å²) < 4.78 is 26.3. The maximum Gasteiger partial charge on any atom is 0.214 e. The van der Waals surface area contributed by atoms with Crippen LogP contribution in [0.4, 0.5) is 0 Å². The Morgan fingerprint density at radius 2 is 2.00 bits per heavy atom. The molecule has 0 saturated heterocycles. The average molecular weight is 312 g/mol. The lowest BCUT2D eigenvalue weighted by atomic mass is 10.2. The number of nitrogens with two attached hydrogens (primary N) is 1. The fraction of sp³-hybridized carbons (Fsp3) is 0.571. The van der Waals surface area contributed by atoms with Gasteiger partial charge in [-0.2, -0.15) is 0 Å². The number of hydrogen-bond acceptors (Lipinski definition) is 4. The molecule has 0 amide bonds. The minimum Gasteiger partial charge on any atom is -0.388 e. The summed E-state index contributed by atoms with van der Waals surface area (Å²) in [5, 5.41) is 7.26. The van der Waals surface area contributed by atoms with Gasteiger partial charge in [-0.3, -0.25) is 10.4 Å². The van der Waals surface area contributed by atoms with Gasteiger partial charge in [-0.15, -0.1) is 0 Å². The molecule has 118 valence electrons. The zero-order chi connectivity index (χ0) is 15.9. The molecule has 0 aromatic carbocycles. The number of sulfonamides is 1. The van der Waals surface area contributed by atoms with E-state index in [0.717, 1.165) is 5.56 Å². The summed E-state index contributed by atoms with van der Waals surface area (Å²) in [6.07, 6.45) is 4.04. The first-order chi connectivity index (χ1) is 9.81. The lowest BCUT2D eigenvalue weighted by molar-refractivity contribution is 0.374. The van der Waals surface area contributed by atoms with Crippen LogP contribution < -0.4 is 5.73 Å². The van der Waals surface area contributed by atoms with E-state index in [0.29, 0.717) is 13.0 Å². The van der Waals surface area contributed by atoms with E-state index in [2.05, 4.69) is 4.98 Å². The Labute approximate surface area is 126 Å². The van der Waals surface area contributed by atoms with Crippen LogP contribution in [0.3, 0.4) is 0 Å². The van der Waals surface area contributed by atoms with E-state index in [-0.39, 0.29) is 30.5 Å². The monoisotopic (exact) mass is 312 g/mol. The summed E-state index contributed by atoms with van der Waals surface area (Å²) in [5.41, 5.74) is 6.28. The zero-order valence-corrected chi connectivity index (χ0v) is 13.4. The van der Waals surface area contributed by atoms with Gasteiger partial charge in [-0.1, -0.05) is 13.8 Å². The summed E-state index contributed by atoms with van der Waals surface area (Å²) in [6, 6.07) is 3.63. The molecule has 0 saturated carbocycles. The van der Waals surface area contributed by atoms with Crippen molar-refractivity contribution < 1.29 is 8.42 Å². The van der Waals surface area contributed by atoms with Gasteiger partial charge in [0.05, 0.1) is 11.6 Å². The van der Waals surface area contributed by atoms with Gasteiger partial charge in [-0.25, -0.2) is 12.7 Å². The van der Waals surface area contributed by atoms with E-state index < -0.39 is 10.0 Å². The maximum atomic E-state index is 12.5. The highest BCUT2D eigenvalue weighted by Gasteiger charge is 2.22. The van der Waals surface area contributed by atoms with Crippen molar-refractivity contribution in [1.29, 1.82) is 5.41 Å². The van der Waals surface area contributed by atoms with Gasteiger partial charge in [0, 0.05) is 31.9 Å². The van der Waals surface area contributed by atoms with Crippen LogP contribution in [0.15, 0.2) is 24.5 Å². The third-order valence-electron chi connectivity index (χ3n) is 2.99. The second-order valence-electron chi connectivity index (χ2n) is 5.45. The average Bonchev–Trinajstić information content (AvgIpc) is 2.42. The van der Waals surface area contributed by atoms with Crippen molar-refractivity contribution in [3.63, 3.8) is 0 Å². The summed E-state index contributed by atoms with van der Waals surface area (Å²) >= 11 is 0. The minimum absolute atomic E-state index is 0.00749. The number of hydrogen-bond donors (Lipinski definition) is 2. The van der Waals surface area contributed by atoms with Gasteiger partial charge in [0.25, 0.3) is 0 Å². The molecule has 3 N–H and O–H groups in total. The Morgan fingerprint density at radius 3 is 2.52 bits per heavy atom. The smallest absolute Gasteiger partial charge is 0.214 e. The van der Waals surface area contributed by atoms with Crippen LogP contribution in [-0.4, -0.2) is 42.4 Å². The van der Waals surface area contributed by atoms with Crippen LogP contribution in [0.1, 0.15) is 25.8 Å². The molecule has 0 radical (unpaired) electrons. The molecule has 0 spiro atoms. The van der Waals surface area contributed by atoms with E-state index in [1.165, 1.54) is 4.31 Å². The largest absolute Gasteiger partial charge is 0.388 e. The predicted molar refractivity (Wildman–Crippen MR) is 84.7 cm³/mol. The zero-order valence-electron chi connectivity index (χ0n) is 12.6. The van der Waals surface area contributed by atoms with Gasteiger partial charge in [-0.05, 0) is 30.0 Å². The van der Waals surface area contributed by atoms with Crippen molar-refractivity contribution in [2.75, 3.05) is 18.8 Å². The molecule has 1 aromatic heterocycles. The second kappa shape index (κ2) is 8.09. The van der Waals surface area contributed by atoms with E-state index in [4.69, 9.17) is 11.1 Å². The molecule has 0 fully saturated rings. The van der Waals surface area contributed by atoms with E-state index in [9.17, 15) is 8.42 Å². The van der Waals surface area contributed by atoms with Crippen LogP contribution in [0.5, 0.6) is 0 Å². The number of aromatic nitrogens is 1. The van der Waals surface area contributed by atoms with Crippen LogP contribution in [0.2, 0.25) is 0 Å².